The smallest absolute Gasteiger partial charge is 0.267 e. The molecule has 0 fully saturated rings. The Labute approximate surface area is 159 Å². The van der Waals surface area contributed by atoms with Gasteiger partial charge in [0, 0.05) is 12.2 Å². The Bertz CT molecular complexity index is 880. The van der Waals surface area contributed by atoms with Crippen molar-refractivity contribution in [3.63, 3.8) is 0 Å². The van der Waals surface area contributed by atoms with E-state index in [0.29, 0.717) is 5.69 Å². The largest absolute Gasteiger partial charge is 0.270 e. The Morgan fingerprint density at radius 3 is 1.70 bits per heavy atom. The van der Waals surface area contributed by atoms with Crippen molar-refractivity contribution in [1.82, 2.24) is 0 Å². The molecule has 0 unspecified atom stereocenters. The number of anilines is 2. The van der Waals surface area contributed by atoms with Gasteiger partial charge >= 0.3 is 0 Å². The molecule has 0 aliphatic heterocycles. The van der Waals surface area contributed by atoms with Gasteiger partial charge in [0.15, 0.2) is 0 Å². The summed E-state index contributed by atoms with van der Waals surface area (Å²) in [5, 5.41) is 2.44. The molecular weight excluding hydrogens is 343 g/mol. The van der Waals surface area contributed by atoms with E-state index in [-0.39, 0.29) is 5.69 Å². The van der Waals surface area contributed by atoms with Crippen LogP contribution in [0.2, 0.25) is 0 Å². The highest BCUT2D eigenvalue weighted by molar-refractivity contribution is 6.13. The second-order valence-corrected chi connectivity index (χ2v) is 6.56. The molecule has 2 aromatic rings. The van der Waals surface area contributed by atoms with Crippen LogP contribution in [0.25, 0.3) is 0 Å². The first kappa shape index (κ1) is 20.1. The minimum absolute atomic E-state index is 0.261. The molecule has 4 nitrogen and oxygen atoms in total. The third-order valence-corrected chi connectivity index (χ3v) is 3.50. The summed E-state index contributed by atoms with van der Waals surface area (Å²) in [6.07, 6.45) is 2.85. The zero-order chi connectivity index (χ0) is 20.0. The van der Waals surface area contributed by atoms with E-state index in [4.69, 9.17) is 0 Å². The van der Waals surface area contributed by atoms with E-state index in [0.717, 1.165) is 11.1 Å². The highest BCUT2D eigenvalue weighted by atomic mass is 19.1. The number of halogens is 1. The van der Waals surface area contributed by atoms with Crippen molar-refractivity contribution in [2.45, 2.75) is 27.7 Å². The molecule has 0 aliphatic rings. The number of nitrogens with zero attached hydrogens (tertiary/aromatic N) is 2. The summed E-state index contributed by atoms with van der Waals surface area (Å²) >= 11 is 0. The molecule has 0 N–H and O–H groups in total. The standard InChI is InChI=1S/C22H23FN2O2/c1-16(2)13-21(26)24(19-10-6-5-7-11-19)25(22(27)14-17(3)4)20-12-8-9-18(23)15-20/h5-15H,1-4H3. The molecule has 0 spiro atoms. The van der Waals surface area contributed by atoms with Gasteiger partial charge in [0.25, 0.3) is 11.8 Å². The summed E-state index contributed by atoms with van der Waals surface area (Å²) in [6.45, 7) is 7.16. The second-order valence-electron chi connectivity index (χ2n) is 6.56. The minimum Gasteiger partial charge on any atom is -0.267 e. The van der Waals surface area contributed by atoms with Crippen LogP contribution in [0.15, 0.2) is 77.9 Å². The number of amides is 2. The van der Waals surface area contributed by atoms with Gasteiger partial charge in [-0.15, -0.1) is 0 Å². The number of rotatable bonds is 4. The van der Waals surface area contributed by atoms with Crippen LogP contribution in [-0.2, 0) is 9.59 Å². The molecule has 0 saturated heterocycles. The Morgan fingerprint density at radius 1 is 0.741 bits per heavy atom. The number of hydrazine groups is 1. The van der Waals surface area contributed by atoms with Crippen molar-refractivity contribution >= 4 is 23.2 Å². The van der Waals surface area contributed by atoms with Crippen molar-refractivity contribution < 1.29 is 14.0 Å². The number of allylic oxidation sites excluding steroid dienone is 2. The summed E-state index contributed by atoms with van der Waals surface area (Å²) in [5.41, 5.74) is 2.32. The third kappa shape index (κ3) is 5.38. The molecule has 2 amide bonds. The van der Waals surface area contributed by atoms with Crippen molar-refractivity contribution in [2.24, 2.45) is 0 Å². The van der Waals surface area contributed by atoms with Crippen molar-refractivity contribution in [3.8, 4) is 0 Å². The first-order chi connectivity index (χ1) is 12.8. The van der Waals surface area contributed by atoms with Gasteiger partial charge in [-0.3, -0.25) is 9.59 Å². The van der Waals surface area contributed by atoms with Crippen LogP contribution in [0, 0.1) is 5.82 Å². The Balaban J connectivity index is 2.69. The van der Waals surface area contributed by atoms with Crippen molar-refractivity contribution in [1.29, 1.82) is 0 Å². The summed E-state index contributed by atoms with van der Waals surface area (Å²) in [4.78, 5) is 26.0. The topological polar surface area (TPSA) is 40.6 Å². The quantitative estimate of drug-likeness (QED) is 0.562. The van der Waals surface area contributed by atoms with Crippen LogP contribution in [0.3, 0.4) is 0 Å². The molecule has 140 valence electrons. The predicted octanol–water partition coefficient (Wildman–Crippen LogP) is 5.04. The highest BCUT2D eigenvalue weighted by Crippen LogP contribution is 2.25. The van der Waals surface area contributed by atoms with E-state index in [1.807, 2.05) is 6.07 Å². The average Bonchev–Trinajstić information content (AvgIpc) is 2.58. The summed E-state index contributed by atoms with van der Waals surface area (Å²) in [7, 11) is 0. The second kappa shape index (κ2) is 8.94. The Morgan fingerprint density at radius 2 is 1.22 bits per heavy atom. The lowest BCUT2D eigenvalue weighted by Gasteiger charge is -2.33. The summed E-state index contributed by atoms with van der Waals surface area (Å²) in [6, 6.07) is 14.4. The van der Waals surface area contributed by atoms with Crippen molar-refractivity contribution in [3.05, 3.63) is 83.7 Å². The molecule has 5 heteroatoms. The maximum atomic E-state index is 13.9. The number of carbonyl (C=O) groups excluding carboxylic acids is 2. The lowest BCUT2D eigenvalue weighted by atomic mass is 10.2. The van der Waals surface area contributed by atoms with Gasteiger partial charge in [0.1, 0.15) is 5.82 Å². The normalized spacial score (nSPS) is 9.96. The molecule has 27 heavy (non-hydrogen) atoms. The van der Waals surface area contributed by atoms with Crippen molar-refractivity contribution in [2.75, 3.05) is 10.0 Å². The lowest BCUT2D eigenvalue weighted by Crippen LogP contribution is -2.49. The van der Waals surface area contributed by atoms with Gasteiger partial charge in [-0.1, -0.05) is 35.4 Å². The molecule has 0 radical (unpaired) electrons. The third-order valence-electron chi connectivity index (χ3n) is 3.50. The van der Waals surface area contributed by atoms with Gasteiger partial charge in [-0.2, -0.15) is 0 Å². The zero-order valence-corrected chi connectivity index (χ0v) is 15.9. The van der Waals surface area contributed by atoms with Crippen LogP contribution in [0.5, 0.6) is 0 Å². The van der Waals surface area contributed by atoms with E-state index in [2.05, 4.69) is 0 Å². The monoisotopic (exact) mass is 366 g/mol. The number of carbonyl (C=O) groups is 2. The summed E-state index contributed by atoms with van der Waals surface area (Å²) in [5.74, 6) is -1.34. The minimum atomic E-state index is -0.495. The molecule has 0 aliphatic carbocycles. The Kier molecular flexibility index (Phi) is 6.66. The molecule has 2 aromatic carbocycles. The van der Waals surface area contributed by atoms with Gasteiger partial charge < -0.3 is 0 Å². The highest BCUT2D eigenvalue weighted by Gasteiger charge is 2.27. The molecule has 0 bridgehead atoms. The fourth-order valence-corrected chi connectivity index (χ4v) is 2.48. The van der Waals surface area contributed by atoms with Gasteiger partial charge in [-0.05, 0) is 58.0 Å². The Hall–Kier alpha value is -3.21. The van der Waals surface area contributed by atoms with Crippen LogP contribution in [0.4, 0.5) is 15.8 Å². The van der Waals surface area contributed by atoms with Gasteiger partial charge in [-0.25, -0.2) is 14.4 Å². The summed E-state index contributed by atoms with van der Waals surface area (Å²) < 4.78 is 13.9. The molecule has 2 rings (SSSR count). The maximum absolute atomic E-state index is 13.9. The predicted molar refractivity (Wildman–Crippen MR) is 107 cm³/mol. The average molecular weight is 366 g/mol. The number of para-hydroxylation sites is 1. The van der Waals surface area contributed by atoms with Crippen LogP contribution >= 0.6 is 0 Å². The molecule has 0 heterocycles. The molecule has 0 saturated carbocycles. The molecule has 0 atom stereocenters. The van der Waals surface area contributed by atoms with E-state index >= 15 is 0 Å². The maximum Gasteiger partial charge on any atom is 0.270 e. The van der Waals surface area contributed by atoms with E-state index in [1.165, 1.54) is 40.4 Å². The number of benzene rings is 2. The molecule has 0 aromatic heterocycles. The first-order valence-corrected chi connectivity index (χ1v) is 8.58. The van der Waals surface area contributed by atoms with Gasteiger partial charge in [0.2, 0.25) is 0 Å². The zero-order valence-electron chi connectivity index (χ0n) is 15.9. The fraction of sp³-hybridized carbons (Fsp3) is 0.182. The van der Waals surface area contributed by atoms with E-state index < -0.39 is 17.6 Å². The van der Waals surface area contributed by atoms with Crippen LogP contribution in [-0.4, -0.2) is 11.8 Å². The van der Waals surface area contributed by atoms with Gasteiger partial charge in [0.05, 0.1) is 11.4 Å². The molecular formula is C22H23FN2O2. The van der Waals surface area contributed by atoms with E-state index in [1.54, 1.807) is 58.0 Å². The SMILES string of the molecule is CC(C)=CC(=O)N(c1ccccc1)N(C(=O)C=C(C)C)c1cccc(F)c1. The van der Waals surface area contributed by atoms with Crippen LogP contribution in [0.1, 0.15) is 27.7 Å². The fourth-order valence-electron chi connectivity index (χ4n) is 2.48. The number of hydrogen-bond acceptors (Lipinski definition) is 2. The number of hydrogen-bond donors (Lipinski definition) is 0. The van der Waals surface area contributed by atoms with E-state index in [9.17, 15) is 14.0 Å². The van der Waals surface area contributed by atoms with Crippen LogP contribution < -0.4 is 10.0 Å². The lowest BCUT2D eigenvalue weighted by molar-refractivity contribution is -0.119. The first-order valence-electron chi connectivity index (χ1n) is 8.58.